The second-order valence-corrected chi connectivity index (χ2v) is 3.88. The topological polar surface area (TPSA) is 66.6 Å². The summed E-state index contributed by atoms with van der Waals surface area (Å²) >= 11 is 0. The molecule has 0 aliphatic heterocycles. The van der Waals surface area contributed by atoms with Crippen LogP contribution in [0.5, 0.6) is 0 Å². The van der Waals surface area contributed by atoms with E-state index in [1.54, 1.807) is 4.90 Å². The minimum absolute atomic E-state index is 0. The Morgan fingerprint density at radius 2 is 2.00 bits per heavy atom. The van der Waals surface area contributed by atoms with Gasteiger partial charge < -0.3 is 15.7 Å². The molecular formula is C10H23ClN2O2. The lowest BCUT2D eigenvalue weighted by atomic mass is 10.0. The maximum absolute atomic E-state index is 11.7. The highest BCUT2D eigenvalue weighted by Gasteiger charge is 2.19. The Balaban J connectivity index is 0. The Morgan fingerprint density at radius 1 is 1.47 bits per heavy atom. The molecule has 0 saturated heterocycles. The Hall–Kier alpha value is -0.320. The SMILES string of the molecule is CCN(CCO)C(=O)[C@@H](N)CC(C)C.Cl. The molecule has 0 aromatic carbocycles. The van der Waals surface area contributed by atoms with E-state index in [1.807, 2.05) is 20.8 Å². The number of nitrogens with two attached hydrogens (primary N) is 1. The number of halogens is 1. The predicted octanol–water partition coefficient (Wildman–Crippen LogP) is 0.622. The van der Waals surface area contributed by atoms with Crippen LogP contribution in [0.25, 0.3) is 0 Å². The molecule has 0 rings (SSSR count). The van der Waals surface area contributed by atoms with Crippen LogP contribution in [0.2, 0.25) is 0 Å². The third kappa shape index (κ3) is 6.71. The molecule has 15 heavy (non-hydrogen) atoms. The maximum atomic E-state index is 11.7. The van der Waals surface area contributed by atoms with Crippen molar-refractivity contribution in [2.45, 2.75) is 33.2 Å². The molecule has 5 heteroatoms. The molecule has 0 spiro atoms. The van der Waals surface area contributed by atoms with E-state index in [9.17, 15) is 4.79 Å². The van der Waals surface area contributed by atoms with E-state index in [4.69, 9.17) is 10.8 Å². The Kier molecular flexibility index (Phi) is 10.2. The summed E-state index contributed by atoms with van der Waals surface area (Å²) in [6.45, 7) is 6.93. The number of hydrogen-bond acceptors (Lipinski definition) is 3. The zero-order valence-corrected chi connectivity index (χ0v) is 10.6. The van der Waals surface area contributed by atoms with Gasteiger partial charge in [-0.25, -0.2) is 0 Å². The van der Waals surface area contributed by atoms with Crippen molar-refractivity contribution >= 4 is 18.3 Å². The van der Waals surface area contributed by atoms with E-state index in [0.717, 1.165) is 0 Å². The Morgan fingerprint density at radius 3 is 2.33 bits per heavy atom. The second kappa shape index (κ2) is 8.95. The first-order valence-electron chi connectivity index (χ1n) is 5.18. The van der Waals surface area contributed by atoms with Gasteiger partial charge in [0.2, 0.25) is 5.91 Å². The van der Waals surface area contributed by atoms with Gasteiger partial charge in [-0.3, -0.25) is 4.79 Å². The maximum Gasteiger partial charge on any atom is 0.239 e. The molecule has 0 radical (unpaired) electrons. The van der Waals surface area contributed by atoms with Gasteiger partial charge in [0.1, 0.15) is 0 Å². The predicted molar refractivity (Wildman–Crippen MR) is 64.0 cm³/mol. The Labute approximate surface area is 98.2 Å². The highest BCUT2D eigenvalue weighted by molar-refractivity contribution is 5.85. The standard InChI is InChI=1S/C10H22N2O2.ClH/c1-4-12(5-6-13)10(14)9(11)7-8(2)3;/h8-9,13H,4-7,11H2,1-3H3;1H/t9-;/m0./s1. The third-order valence-corrected chi connectivity index (χ3v) is 2.11. The number of rotatable bonds is 6. The highest BCUT2D eigenvalue weighted by Crippen LogP contribution is 2.05. The monoisotopic (exact) mass is 238 g/mol. The second-order valence-electron chi connectivity index (χ2n) is 3.88. The molecule has 0 heterocycles. The normalized spacial score (nSPS) is 12.1. The molecule has 0 fully saturated rings. The molecular weight excluding hydrogens is 216 g/mol. The first kappa shape index (κ1) is 17.1. The first-order chi connectivity index (χ1) is 6.52. The lowest BCUT2D eigenvalue weighted by Crippen LogP contribution is -2.45. The number of aliphatic hydroxyl groups excluding tert-OH is 1. The van der Waals surface area contributed by atoms with Gasteiger partial charge in [-0.2, -0.15) is 0 Å². The van der Waals surface area contributed by atoms with Crippen LogP contribution in [-0.2, 0) is 4.79 Å². The van der Waals surface area contributed by atoms with Crippen LogP contribution >= 0.6 is 12.4 Å². The summed E-state index contributed by atoms with van der Waals surface area (Å²) in [5.41, 5.74) is 5.75. The van der Waals surface area contributed by atoms with Crippen LogP contribution in [-0.4, -0.2) is 41.7 Å². The Bertz CT molecular complexity index is 177. The number of nitrogens with zero attached hydrogens (tertiary/aromatic N) is 1. The van der Waals surface area contributed by atoms with E-state index in [2.05, 4.69) is 0 Å². The van der Waals surface area contributed by atoms with Gasteiger partial charge >= 0.3 is 0 Å². The van der Waals surface area contributed by atoms with Gasteiger partial charge in [0.05, 0.1) is 12.6 Å². The van der Waals surface area contributed by atoms with Crippen molar-refractivity contribution in [2.24, 2.45) is 11.7 Å². The summed E-state index contributed by atoms with van der Waals surface area (Å²) in [6.07, 6.45) is 0.695. The average Bonchev–Trinajstić information content (AvgIpc) is 2.12. The molecule has 1 atom stereocenters. The van der Waals surface area contributed by atoms with E-state index < -0.39 is 6.04 Å². The number of carbonyl (C=O) groups is 1. The summed E-state index contributed by atoms with van der Waals surface area (Å²) in [5.74, 6) is 0.358. The molecule has 0 unspecified atom stereocenters. The van der Waals surface area contributed by atoms with Crippen molar-refractivity contribution in [1.29, 1.82) is 0 Å². The fourth-order valence-corrected chi connectivity index (χ4v) is 1.39. The largest absolute Gasteiger partial charge is 0.395 e. The van der Waals surface area contributed by atoms with Crippen LogP contribution in [0.4, 0.5) is 0 Å². The van der Waals surface area contributed by atoms with Gasteiger partial charge in [-0.15, -0.1) is 12.4 Å². The molecule has 0 aliphatic rings. The zero-order valence-electron chi connectivity index (χ0n) is 9.77. The van der Waals surface area contributed by atoms with Crippen molar-refractivity contribution < 1.29 is 9.90 Å². The highest BCUT2D eigenvalue weighted by atomic mass is 35.5. The number of hydrogen-bond donors (Lipinski definition) is 2. The molecule has 4 nitrogen and oxygen atoms in total. The average molecular weight is 239 g/mol. The molecule has 92 valence electrons. The van der Waals surface area contributed by atoms with Crippen LogP contribution in [0.1, 0.15) is 27.2 Å². The minimum atomic E-state index is -0.429. The fraction of sp³-hybridized carbons (Fsp3) is 0.900. The van der Waals surface area contributed by atoms with Crippen molar-refractivity contribution in [3.05, 3.63) is 0 Å². The molecule has 0 aliphatic carbocycles. The summed E-state index contributed by atoms with van der Waals surface area (Å²) in [5, 5.41) is 8.75. The van der Waals surface area contributed by atoms with Crippen molar-refractivity contribution in [2.75, 3.05) is 19.7 Å². The first-order valence-corrected chi connectivity index (χ1v) is 5.18. The molecule has 3 N–H and O–H groups in total. The summed E-state index contributed by atoms with van der Waals surface area (Å²) in [4.78, 5) is 13.3. The number of carbonyl (C=O) groups excluding carboxylic acids is 1. The van der Waals surface area contributed by atoms with Crippen LogP contribution in [0.3, 0.4) is 0 Å². The van der Waals surface area contributed by atoms with Crippen molar-refractivity contribution in [1.82, 2.24) is 4.90 Å². The lowest BCUT2D eigenvalue weighted by Gasteiger charge is -2.24. The molecule has 0 aromatic heterocycles. The zero-order chi connectivity index (χ0) is 11.1. The molecule has 0 aromatic rings. The smallest absolute Gasteiger partial charge is 0.239 e. The van der Waals surface area contributed by atoms with Crippen molar-refractivity contribution in [3.8, 4) is 0 Å². The van der Waals surface area contributed by atoms with E-state index in [1.165, 1.54) is 0 Å². The quantitative estimate of drug-likeness (QED) is 0.713. The number of likely N-dealkylation sites (N-methyl/N-ethyl adjacent to an activating group) is 1. The summed E-state index contributed by atoms with van der Waals surface area (Å²) in [7, 11) is 0. The third-order valence-electron chi connectivity index (χ3n) is 2.11. The van der Waals surface area contributed by atoms with Gasteiger partial charge in [0.15, 0.2) is 0 Å². The van der Waals surface area contributed by atoms with Gasteiger partial charge in [0, 0.05) is 13.1 Å². The van der Waals surface area contributed by atoms with Gasteiger partial charge in [0.25, 0.3) is 0 Å². The molecule has 1 amide bonds. The van der Waals surface area contributed by atoms with E-state index in [0.29, 0.717) is 25.4 Å². The number of aliphatic hydroxyl groups is 1. The number of amides is 1. The summed E-state index contributed by atoms with van der Waals surface area (Å²) in [6, 6.07) is -0.429. The van der Waals surface area contributed by atoms with Gasteiger partial charge in [-0.05, 0) is 19.3 Å². The van der Waals surface area contributed by atoms with Crippen LogP contribution in [0, 0.1) is 5.92 Å². The van der Waals surface area contributed by atoms with Crippen molar-refractivity contribution in [3.63, 3.8) is 0 Å². The lowest BCUT2D eigenvalue weighted by molar-refractivity contribution is -0.133. The fourth-order valence-electron chi connectivity index (χ4n) is 1.39. The summed E-state index contributed by atoms with van der Waals surface area (Å²) < 4.78 is 0. The van der Waals surface area contributed by atoms with E-state index >= 15 is 0 Å². The minimum Gasteiger partial charge on any atom is -0.395 e. The van der Waals surface area contributed by atoms with Crippen LogP contribution in [0.15, 0.2) is 0 Å². The van der Waals surface area contributed by atoms with Gasteiger partial charge in [-0.1, -0.05) is 13.8 Å². The molecule has 0 bridgehead atoms. The van der Waals surface area contributed by atoms with E-state index in [-0.39, 0.29) is 24.9 Å². The van der Waals surface area contributed by atoms with Crippen LogP contribution < -0.4 is 5.73 Å². The molecule has 0 saturated carbocycles.